The molecule has 2 rings (SSSR count). The van der Waals surface area contributed by atoms with Crippen LogP contribution in [-0.2, 0) is 10.0 Å². The fourth-order valence-electron chi connectivity index (χ4n) is 2.16. The van der Waals surface area contributed by atoms with Gasteiger partial charge in [-0.1, -0.05) is 6.92 Å². The maximum Gasteiger partial charge on any atom is 0.246 e. The predicted molar refractivity (Wildman–Crippen MR) is 74.1 cm³/mol. The summed E-state index contributed by atoms with van der Waals surface area (Å²) >= 11 is 0. The summed E-state index contributed by atoms with van der Waals surface area (Å²) in [6, 6.07) is 2.36. The van der Waals surface area contributed by atoms with Gasteiger partial charge >= 0.3 is 0 Å². The molecule has 2 atom stereocenters. The fourth-order valence-corrected chi connectivity index (χ4v) is 3.79. The number of rotatable bonds is 2. The van der Waals surface area contributed by atoms with E-state index in [2.05, 4.69) is 0 Å². The molecule has 0 spiro atoms. The number of piperidine rings is 1. The molecule has 1 aliphatic rings. The van der Waals surface area contributed by atoms with Crippen LogP contribution in [0.3, 0.4) is 0 Å². The van der Waals surface area contributed by atoms with Crippen molar-refractivity contribution in [3.8, 4) is 0 Å². The predicted octanol–water partition coefficient (Wildman–Crippen LogP) is 1.74. The molecule has 2 unspecified atom stereocenters. The molecule has 0 aromatic heterocycles. The maximum atomic E-state index is 13.6. The smallest absolute Gasteiger partial charge is 0.246 e. The van der Waals surface area contributed by atoms with Gasteiger partial charge < -0.3 is 5.73 Å². The fraction of sp³-hybridized carbons (Fsp3) is 0.500. The Morgan fingerprint density at radius 2 is 2.00 bits per heavy atom. The van der Waals surface area contributed by atoms with Crippen molar-refractivity contribution >= 4 is 22.4 Å². The van der Waals surface area contributed by atoms with Crippen LogP contribution >= 0.6 is 12.4 Å². The molecular formula is C12H17ClF2N2O2S. The SMILES string of the molecule is CC1CN(S(=O)(=O)c2cc(F)ccc2F)CCC1N.Cl. The molecule has 20 heavy (non-hydrogen) atoms. The lowest BCUT2D eigenvalue weighted by atomic mass is 9.96. The lowest BCUT2D eigenvalue weighted by Gasteiger charge is -2.34. The summed E-state index contributed by atoms with van der Waals surface area (Å²) in [5, 5.41) is 0. The third kappa shape index (κ3) is 3.28. The third-order valence-corrected chi connectivity index (χ3v) is 5.33. The summed E-state index contributed by atoms with van der Waals surface area (Å²) in [4.78, 5) is -0.616. The number of sulfonamides is 1. The Balaban J connectivity index is 0.00000200. The Morgan fingerprint density at radius 1 is 1.35 bits per heavy atom. The molecule has 1 aromatic carbocycles. The van der Waals surface area contributed by atoms with E-state index in [1.165, 1.54) is 4.31 Å². The van der Waals surface area contributed by atoms with Gasteiger partial charge in [-0.05, 0) is 30.5 Å². The minimum absolute atomic E-state index is 0. The van der Waals surface area contributed by atoms with Crippen LogP contribution in [0.15, 0.2) is 23.1 Å². The van der Waals surface area contributed by atoms with Gasteiger partial charge in [0, 0.05) is 19.1 Å². The Labute approximate surface area is 123 Å². The van der Waals surface area contributed by atoms with Crippen LogP contribution in [0, 0.1) is 17.6 Å². The number of hydrogen-bond donors (Lipinski definition) is 1. The van der Waals surface area contributed by atoms with Crippen molar-refractivity contribution in [1.82, 2.24) is 4.31 Å². The van der Waals surface area contributed by atoms with E-state index < -0.39 is 26.6 Å². The van der Waals surface area contributed by atoms with E-state index in [4.69, 9.17) is 5.73 Å². The number of nitrogens with zero attached hydrogens (tertiary/aromatic N) is 1. The molecule has 0 radical (unpaired) electrons. The number of hydrogen-bond acceptors (Lipinski definition) is 3. The Kier molecular flexibility index (Phi) is 5.48. The maximum absolute atomic E-state index is 13.6. The van der Waals surface area contributed by atoms with Gasteiger partial charge in [-0.25, -0.2) is 17.2 Å². The average molecular weight is 327 g/mol. The van der Waals surface area contributed by atoms with Crippen molar-refractivity contribution in [1.29, 1.82) is 0 Å². The topological polar surface area (TPSA) is 63.4 Å². The first kappa shape index (κ1) is 17.3. The molecule has 0 saturated carbocycles. The van der Waals surface area contributed by atoms with Crippen molar-refractivity contribution < 1.29 is 17.2 Å². The molecule has 0 amide bonds. The zero-order valence-electron chi connectivity index (χ0n) is 10.9. The van der Waals surface area contributed by atoms with Crippen LogP contribution in [0.2, 0.25) is 0 Å². The van der Waals surface area contributed by atoms with Crippen molar-refractivity contribution in [2.45, 2.75) is 24.3 Å². The lowest BCUT2D eigenvalue weighted by Crippen LogP contribution is -2.48. The first-order chi connectivity index (χ1) is 8.82. The van der Waals surface area contributed by atoms with E-state index in [1.807, 2.05) is 6.92 Å². The van der Waals surface area contributed by atoms with Crippen LogP contribution in [-0.4, -0.2) is 31.9 Å². The molecule has 0 bridgehead atoms. The van der Waals surface area contributed by atoms with Gasteiger partial charge in [0.2, 0.25) is 10.0 Å². The van der Waals surface area contributed by atoms with Crippen molar-refractivity contribution in [2.24, 2.45) is 11.7 Å². The minimum atomic E-state index is -4.01. The first-order valence-electron chi connectivity index (χ1n) is 6.03. The molecule has 0 aliphatic carbocycles. The summed E-state index contributed by atoms with van der Waals surface area (Å²) in [6.45, 7) is 2.29. The Hall–Kier alpha value is -0.760. The van der Waals surface area contributed by atoms with E-state index in [9.17, 15) is 17.2 Å². The van der Waals surface area contributed by atoms with Gasteiger partial charge in [-0.3, -0.25) is 0 Å². The third-order valence-electron chi connectivity index (χ3n) is 3.45. The molecule has 1 heterocycles. The monoisotopic (exact) mass is 326 g/mol. The molecule has 4 nitrogen and oxygen atoms in total. The zero-order valence-corrected chi connectivity index (χ0v) is 12.6. The van der Waals surface area contributed by atoms with E-state index in [-0.39, 0.29) is 37.5 Å². The molecule has 8 heteroatoms. The van der Waals surface area contributed by atoms with Crippen molar-refractivity contribution in [3.05, 3.63) is 29.8 Å². The zero-order chi connectivity index (χ0) is 14.2. The summed E-state index contributed by atoms with van der Waals surface area (Å²) in [7, 11) is -4.01. The first-order valence-corrected chi connectivity index (χ1v) is 7.47. The quantitative estimate of drug-likeness (QED) is 0.900. The van der Waals surface area contributed by atoms with E-state index >= 15 is 0 Å². The summed E-state index contributed by atoms with van der Waals surface area (Å²) in [5.74, 6) is -1.73. The highest BCUT2D eigenvalue weighted by atomic mass is 35.5. The second-order valence-corrected chi connectivity index (χ2v) is 6.77. The number of halogens is 3. The van der Waals surface area contributed by atoms with Gasteiger partial charge in [0.05, 0.1) is 0 Å². The lowest BCUT2D eigenvalue weighted by molar-refractivity contribution is 0.249. The van der Waals surface area contributed by atoms with Crippen LogP contribution in [0.25, 0.3) is 0 Å². The van der Waals surface area contributed by atoms with Crippen LogP contribution in [0.4, 0.5) is 8.78 Å². The van der Waals surface area contributed by atoms with Crippen LogP contribution in [0.1, 0.15) is 13.3 Å². The van der Waals surface area contributed by atoms with E-state index in [1.54, 1.807) is 0 Å². The van der Waals surface area contributed by atoms with Gasteiger partial charge in [-0.2, -0.15) is 4.31 Å². The number of benzene rings is 1. The second kappa shape index (κ2) is 6.34. The Bertz CT molecular complexity index is 583. The molecule has 1 aromatic rings. The van der Waals surface area contributed by atoms with Gasteiger partial charge in [0.15, 0.2) is 0 Å². The molecule has 114 valence electrons. The second-order valence-electron chi connectivity index (χ2n) is 4.87. The van der Waals surface area contributed by atoms with Crippen molar-refractivity contribution in [3.63, 3.8) is 0 Å². The molecule has 1 fully saturated rings. The van der Waals surface area contributed by atoms with Gasteiger partial charge in [0.1, 0.15) is 16.5 Å². The normalized spacial score (nSPS) is 24.2. The van der Waals surface area contributed by atoms with Crippen LogP contribution in [0.5, 0.6) is 0 Å². The highest BCUT2D eigenvalue weighted by Gasteiger charge is 2.33. The van der Waals surface area contributed by atoms with Gasteiger partial charge in [-0.15, -0.1) is 12.4 Å². The molecule has 1 aliphatic heterocycles. The molecular weight excluding hydrogens is 310 g/mol. The molecule has 2 N–H and O–H groups in total. The highest BCUT2D eigenvalue weighted by molar-refractivity contribution is 7.89. The number of nitrogens with two attached hydrogens (primary N) is 1. The van der Waals surface area contributed by atoms with Gasteiger partial charge in [0.25, 0.3) is 0 Å². The van der Waals surface area contributed by atoms with Crippen molar-refractivity contribution in [2.75, 3.05) is 13.1 Å². The minimum Gasteiger partial charge on any atom is -0.327 e. The molecule has 1 saturated heterocycles. The average Bonchev–Trinajstić information content (AvgIpc) is 2.35. The largest absolute Gasteiger partial charge is 0.327 e. The Morgan fingerprint density at radius 3 is 2.60 bits per heavy atom. The summed E-state index contributed by atoms with van der Waals surface area (Å²) < 4.78 is 52.5. The van der Waals surface area contributed by atoms with Crippen LogP contribution < -0.4 is 5.73 Å². The summed E-state index contributed by atoms with van der Waals surface area (Å²) in [5.41, 5.74) is 5.82. The standard InChI is InChI=1S/C12H16F2N2O2S.ClH/c1-8-7-16(5-4-11(8)15)19(17,18)12-6-9(13)2-3-10(12)14;/h2-3,6,8,11H,4-5,7,15H2,1H3;1H. The highest BCUT2D eigenvalue weighted by Crippen LogP contribution is 2.25. The van der Waals surface area contributed by atoms with E-state index in [0.29, 0.717) is 12.5 Å². The van der Waals surface area contributed by atoms with E-state index in [0.717, 1.165) is 12.1 Å². The summed E-state index contributed by atoms with van der Waals surface area (Å²) in [6.07, 6.45) is 0.511.